The number of rotatable bonds is 3. The van der Waals surface area contributed by atoms with Crippen molar-refractivity contribution in [3.63, 3.8) is 0 Å². The quantitative estimate of drug-likeness (QED) is 0.870. The summed E-state index contributed by atoms with van der Waals surface area (Å²) in [6, 6.07) is 2.85. The van der Waals surface area contributed by atoms with Gasteiger partial charge in [-0.1, -0.05) is 17.7 Å². The summed E-state index contributed by atoms with van der Waals surface area (Å²) < 4.78 is 37.1. The summed E-state index contributed by atoms with van der Waals surface area (Å²) >= 11 is 5.52. The average Bonchev–Trinajstić information content (AvgIpc) is 2.16. The average molecular weight is 254 g/mol. The highest BCUT2D eigenvalue weighted by atomic mass is 35.5. The third kappa shape index (κ3) is 3.10. The lowest BCUT2D eigenvalue weighted by Gasteiger charge is -2.14. The summed E-state index contributed by atoms with van der Waals surface area (Å²) in [5.74, 6) is 0. The number of aliphatic hydroxyl groups is 1. The van der Waals surface area contributed by atoms with Crippen molar-refractivity contribution in [1.29, 1.82) is 0 Å². The third-order valence-corrected chi connectivity index (χ3v) is 2.48. The van der Waals surface area contributed by atoms with Crippen LogP contribution in [0.4, 0.5) is 13.2 Å². The molecule has 6 heteroatoms. The van der Waals surface area contributed by atoms with Crippen LogP contribution in [0.1, 0.15) is 23.6 Å². The molecule has 0 saturated heterocycles. The minimum Gasteiger partial charge on any atom is -0.396 e. The SMILES string of the molecule is NC(CCO)c1ccc(C(F)(F)F)c(Cl)c1. The molecule has 0 amide bonds. The molecule has 0 radical (unpaired) electrons. The molecule has 0 saturated carbocycles. The second-order valence-electron chi connectivity index (χ2n) is 3.36. The van der Waals surface area contributed by atoms with Crippen molar-refractivity contribution in [2.45, 2.75) is 18.6 Å². The van der Waals surface area contributed by atoms with E-state index >= 15 is 0 Å². The molecule has 0 heterocycles. The maximum atomic E-state index is 12.4. The van der Waals surface area contributed by atoms with Crippen molar-refractivity contribution in [2.24, 2.45) is 5.73 Å². The second kappa shape index (κ2) is 5.03. The predicted octanol–water partition coefficient (Wildman–Crippen LogP) is 2.74. The Balaban J connectivity index is 3.00. The van der Waals surface area contributed by atoms with Gasteiger partial charge in [-0.3, -0.25) is 0 Å². The molecule has 1 rings (SSSR count). The van der Waals surface area contributed by atoms with E-state index in [0.29, 0.717) is 5.56 Å². The molecule has 0 bridgehead atoms. The summed E-state index contributed by atoms with van der Waals surface area (Å²) in [4.78, 5) is 0. The fourth-order valence-electron chi connectivity index (χ4n) is 1.30. The van der Waals surface area contributed by atoms with E-state index in [9.17, 15) is 13.2 Å². The molecule has 16 heavy (non-hydrogen) atoms. The Morgan fingerprint density at radius 3 is 2.44 bits per heavy atom. The van der Waals surface area contributed by atoms with Crippen LogP contribution in [0.3, 0.4) is 0 Å². The number of alkyl halides is 3. The van der Waals surface area contributed by atoms with Gasteiger partial charge < -0.3 is 10.8 Å². The zero-order chi connectivity index (χ0) is 12.3. The molecule has 0 aromatic heterocycles. The second-order valence-corrected chi connectivity index (χ2v) is 3.76. The molecule has 1 unspecified atom stereocenters. The lowest BCUT2D eigenvalue weighted by atomic mass is 10.0. The van der Waals surface area contributed by atoms with Gasteiger partial charge in [0.25, 0.3) is 0 Å². The minimum atomic E-state index is -4.46. The van der Waals surface area contributed by atoms with Gasteiger partial charge in [0.2, 0.25) is 0 Å². The van der Waals surface area contributed by atoms with Crippen LogP contribution in [0.25, 0.3) is 0 Å². The number of hydrogen-bond donors (Lipinski definition) is 2. The molecule has 0 aliphatic heterocycles. The molecule has 0 aliphatic rings. The molecule has 1 aromatic rings. The number of halogens is 4. The first-order chi connectivity index (χ1) is 7.36. The Morgan fingerprint density at radius 2 is 2.00 bits per heavy atom. The Bertz CT molecular complexity index is 368. The normalized spacial score (nSPS) is 13.9. The van der Waals surface area contributed by atoms with Gasteiger partial charge in [0.1, 0.15) is 0 Å². The van der Waals surface area contributed by atoms with E-state index in [1.807, 2.05) is 0 Å². The highest BCUT2D eigenvalue weighted by molar-refractivity contribution is 6.31. The standard InChI is InChI=1S/C10H11ClF3NO/c11-8-5-6(9(15)3-4-16)1-2-7(8)10(12,13)14/h1-2,5,9,16H,3-4,15H2. The molecule has 2 nitrogen and oxygen atoms in total. The van der Waals surface area contributed by atoms with Crippen LogP contribution in [0.5, 0.6) is 0 Å². The molecular formula is C10H11ClF3NO. The lowest BCUT2D eigenvalue weighted by molar-refractivity contribution is -0.137. The van der Waals surface area contributed by atoms with E-state index in [2.05, 4.69) is 0 Å². The van der Waals surface area contributed by atoms with Gasteiger partial charge in [0.15, 0.2) is 0 Å². The van der Waals surface area contributed by atoms with E-state index in [0.717, 1.165) is 6.07 Å². The number of hydrogen-bond acceptors (Lipinski definition) is 2. The van der Waals surface area contributed by atoms with Crippen molar-refractivity contribution in [1.82, 2.24) is 0 Å². The first-order valence-corrected chi connectivity index (χ1v) is 4.97. The van der Waals surface area contributed by atoms with Crippen molar-refractivity contribution in [3.8, 4) is 0 Å². The van der Waals surface area contributed by atoms with Crippen molar-refractivity contribution in [2.75, 3.05) is 6.61 Å². The summed E-state index contributed by atoms with van der Waals surface area (Å²) in [7, 11) is 0. The highest BCUT2D eigenvalue weighted by Crippen LogP contribution is 2.35. The summed E-state index contributed by atoms with van der Waals surface area (Å²) in [5, 5.41) is 8.28. The van der Waals surface area contributed by atoms with Crippen LogP contribution in [-0.4, -0.2) is 11.7 Å². The molecular weight excluding hydrogens is 243 g/mol. The molecule has 0 aliphatic carbocycles. The van der Waals surface area contributed by atoms with Crippen LogP contribution in [0.15, 0.2) is 18.2 Å². The minimum absolute atomic E-state index is 0.125. The summed E-state index contributed by atoms with van der Waals surface area (Å²) in [5.41, 5.74) is 5.23. The van der Waals surface area contributed by atoms with Crippen LogP contribution >= 0.6 is 11.6 Å². The van der Waals surface area contributed by atoms with E-state index in [1.54, 1.807) is 0 Å². The topological polar surface area (TPSA) is 46.2 Å². The van der Waals surface area contributed by atoms with Gasteiger partial charge in [-0.05, 0) is 24.1 Å². The van der Waals surface area contributed by atoms with Crippen molar-refractivity contribution < 1.29 is 18.3 Å². The van der Waals surface area contributed by atoms with E-state index in [4.69, 9.17) is 22.4 Å². The van der Waals surface area contributed by atoms with Gasteiger partial charge in [-0.15, -0.1) is 0 Å². The Hall–Kier alpha value is -0.780. The maximum absolute atomic E-state index is 12.4. The van der Waals surface area contributed by atoms with Crippen molar-refractivity contribution in [3.05, 3.63) is 34.3 Å². The Kier molecular flexibility index (Phi) is 4.18. The molecule has 0 fully saturated rings. The number of nitrogens with two attached hydrogens (primary N) is 1. The summed E-state index contributed by atoms with van der Waals surface area (Å²) in [6.07, 6.45) is -4.18. The van der Waals surface area contributed by atoms with Gasteiger partial charge in [-0.25, -0.2) is 0 Å². The van der Waals surface area contributed by atoms with Gasteiger partial charge >= 0.3 is 6.18 Å². The lowest BCUT2D eigenvalue weighted by Crippen LogP contribution is -2.13. The van der Waals surface area contributed by atoms with E-state index < -0.39 is 17.8 Å². The van der Waals surface area contributed by atoms with Crippen molar-refractivity contribution >= 4 is 11.6 Å². The Morgan fingerprint density at radius 1 is 1.38 bits per heavy atom. The highest BCUT2D eigenvalue weighted by Gasteiger charge is 2.33. The molecule has 1 aromatic carbocycles. The largest absolute Gasteiger partial charge is 0.417 e. The van der Waals surface area contributed by atoms with Crippen LogP contribution in [-0.2, 0) is 6.18 Å². The summed E-state index contributed by atoms with van der Waals surface area (Å²) in [6.45, 7) is -0.125. The maximum Gasteiger partial charge on any atom is 0.417 e. The molecule has 3 N–H and O–H groups in total. The fourth-order valence-corrected chi connectivity index (χ4v) is 1.59. The fraction of sp³-hybridized carbons (Fsp3) is 0.400. The molecule has 90 valence electrons. The monoisotopic (exact) mass is 253 g/mol. The Labute approximate surface area is 95.8 Å². The smallest absolute Gasteiger partial charge is 0.396 e. The van der Waals surface area contributed by atoms with E-state index in [1.165, 1.54) is 12.1 Å². The van der Waals surface area contributed by atoms with Crippen LogP contribution in [0.2, 0.25) is 5.02 Å². The molecule has 1 atom stereocenters. The zero-order valence-electron chi connectivity index (χ0n) is 8.26. The van der Waals surface area contributed by atoms with Gasteiger partial charge in [0, 0.05) is 12.6 Å². The number of aliphatic hydroxyl groups excluding tert-OH is 1. The molecule has 0 spiro atoms. The van der Waals surface area contributed by atoms with Gasteiger partial charge in [0.05, 0.1) is 10.6 Å². The van der Waals surface area contributed by atoms with Gasteiger partial charge in [-0.2, -0.15) is 13.2 Å². The van der Waals surface area contributed by atoms with E-state index in [-0.39, 0.29) is 18.1 Å². The first-order valence-electron chi connectivity index (χ1n) is 4.59. The zero-order valence-corrected chi connectivity index (χ0v) is 9.02. The van der Waals surface area contributed by atoms with Crippen LogP contribution in [0, 0.1) is 0 Å². The first kappa shape index (κ1) is 13.3. The third-order valence-electron chi connectivity index (χ3n) is 2.17. The van der Waals surface area contributed by atoms with Crippen LogP contribution < -0.4 is 5.73 Å². The number of benzene rings is 1. The predicted molar refractivity (Wildman–Crippen MR) is 55.1 cm³/mol.